The van der Waals surface area contributed by atoms with Crippen LogP contribution in [0.1, 0.15) is 11.7 Å². The van der Waals surface area contributed by atoms with Crippen molar-refractivity contribution in [3.8, 4) is 17.1 Å². The maximum Gasteiger partial charge on any atom is 0.210 e. The van der Waals surface area contributed by atoms with Gasteiger partial charge in [0, 0.05) is 31.4 Å². The van der Waals surface area contributed by atoms with Gasteiger partial charge in [0.2, 0.25) is 6.41 Å². The standard InChI is InChI=1S/C19H20N4O2/c1-25-15-7-5-14(6-8-15)19-21-18(16-4-2-3-10-23(16)19)17-12-20-9-11-22(17)13-24/h2-8,10,13,17,20H,9,11-12H2,1H3. The summed E-state index contributed by atoms with van der Waals surface area (Å²) in [5.41, 5.74) is 2.95. The first-order valence-corrected chi connectivity index (χ1v) is 8.35. The molecule has 1 atom stereocenters. The van der Waals surface area contributed by atoms with Crippen molar-refractivity contribution in [1.29, 1.82) is 0 Å². The number of imidazole rings is 1. The summed E-state index contributed by atoms with van der Waals surface area (Å²) in [4.78, 5) is 18.2. The number of carbonyl (C=O) groups excluding carboxylic acids is 1. The quantitative estimate of drug-likeness (QED) is 0.742. The number of carbonyl (C=O) groups is 1. The molecular formula is C19H20N4O2. The number of aromatic nitrogens is 2. The molecule has 4 rings (SSSR count). The number of benzene rings is 1. The van der Waals surface area contributed by atoms with Crippen molar-refractivity contribution in [1.82, 2.24) is 19.6 Å². The average molecular weight is 336 g/mol. The molecule has 128 valence electrons. The third-order valence-electron chi connectivity index (χ3n) is 4.66. The number of rotatable bonds is 4. The number of nitrogens with zero attached hydrogens (tertiary/aromatic N) is 3. The molecule has 3 aromatic rings. The largest absolute Gasteiger partial charge is 0.497 e. The zero-order valence-corrected chi connectivity index (χ0v) is 14.1. The van der Waals surface area contributed by atoms with Gasteiger partial charge in [-0.05, 0) is 36.4 Å². The summed E-state index contributed by atoms with van der Waals surface area (Å²) in [7, 11) is 1.65. The van der Waals surface area contributed by atoms with Gasteiger partial charge in [-0.15, -0.1) is 0 Å². The highest BCUT2D eigenvalue weighted by Gasteiger charge is 2.27. The highest BCUT2D eigenvalue weighted by Crippen LogP contribution is 2.30. The fraction of sp³-hybridized carbons (Fsp3) is 0.263. The molecule has 0 spiro atoms. The van der Waals surface area contributed by atoms with E-state index in [0.29, 0.717) is 13.1 Å². The van der Waals surface area contributed by atoms with Crippen molar-refractivity contribution in [3.63, 3.8) is 0 Å². The molecule has 0 bridgehead atoms. The van der Waals surface area contributed by atoms with Gasteiger partial charge in [-0.1, -0.05) is 6.07 Å². The first-order valence-electron chi connectivity index (χ1n) is 8.35. The number of piperazine rings is 1. The number of fused-ring (bicyclic) bond motifs is 1. The van der Waals surface area contributed by atoms with Gasteiger partial charge in [0.25, 0.3) is 0 Å². The fourth-order valence-corrected chi connectivity index (χ4v) is 3.35. The topological polar surface area (TPSA) is 58.9 Å². The molecule has 1 unspecified atom stereocenters. The van der Waals surface area contributed by atoms with E-state index in [9.17, 15) is 4.79 Å². The number of nitrogens with one attached hydrogen (secondary N) is 1. The second-order valence-electron chi connectivity index (χ2n) is 6.07. The van der Waals surface area contributed by atoms with Crippen molar-refractivity contribution >= 4 is 11.9 Å². The first-order chi connectivity index (χ1) is 12.3. The van der Waals surface area contributed by atoms with E-state index >= 15 is 0 Å². The Morgan fingerprint density at radius 3 is 2.84 bits per heavy atom. The van der Waals surface area contributed by atoms with Crippen LogP contribution < -0.4 is 10.1 Å². The minimum atomic E-state index is -0.0596. The van der Waals surface area contributed by atoms with E-state index in [1.807, 2.05) is 53.6 Å². The van der Waals surface area contributed by atoms with Crippen LogP contribution in [0.15, 0.2) is 48.7 Å². The molecule has 6 nitrogen and oxygen atoms in total. The lowest BCUT2D eigenvalue weighted by Gasteiger charge is -2.32. The van der Waals surface area contributed by atoms with E-state index in [-0.39, 0.29) is 6.04 Å². The van der Waals surface area contributed by atoms with Crippen LogP contribution in [0.25, 0.3) is 16.9 Å². The highest BCUT2D eigenvalue weighted by atomic mass is 16.5. The zero-order chi connectivity index (χ0) is 17.2. The summed E-state index contributed by atoms with van der Waals surface area (Å²) in [6.07, 6.45) is 2.93. The van der Waals surface area contributed by atoms with Gasteiger partial charge in [-0.25, -0.2) is 4.98 Å². The molecule has 1 saturated heterocycles. The molecule has 3 heterocycles. The van der Waals surface area contributed by atoms with Crippen molar-refractivity contribution in [2.45, 2.75) is 6.04 Å². The van der Waals surface area contributed by atoms with Gasteiger partial charge in [-0.3, -0.25) is 9.20 Å². The number of methoxy groups -OCH3 is 1. The van der Waals surface area contributed by atoms with Gasteiger partial charge in [-0.2, -0.15) is 0 Å². The lowest BCUT2D eigenvalue weighted by Crippen LogP contribution is -2.45. The van der Waals surface area contributed by atoms with E-state index in [0.717, 1.165) is 41.3 Å². The van der Waals surface area contributed by atoms with Crippen LogP contribution in [0.3, 0.4) is 0 Å². The Labute approximate surface area is 146 Å². The molecular weight excluding hydrogens is 316 g/mol. The molecule has 1 amide bonds. The third-order valence-corrected chi connectivity index (χ3v) is 4.66. The molecule has 1 N–H and O–H groups in total. The van der Waals surface area contributed by atoms with Gasteiger partial charge >= 0.3 is 0 Å². The van der Waals surface area contributed by atoms with E-state index in [1.165, 1.54) is 0 Å². The Balaban J connectivity index is 1.84. The molecule has 1 aliphatic heterocycles. The maximum atomic E-state index is 11.5. The summed E-state index contributed by atoms with van der Waals surface area (Å²) < 4.78 is 7.32. The molecule has 2 aromatic heterocycles. The van der Waals surface area contributed by atoms with Crippen molar-refractivity contribution in [2.24, 2.45) is 0 Å². The molecule has 1 aromatic carbocycles. The van der Waals surface area contributed by atoms with Crippen LogP contribution in [-0.2, 0) is 4.79 Å². The third kappa shape index (κ3) is 2.74. The summed E-state index contributed by atoms with van der Waals surface area (Å²) in [6.45, 7) is 2.21. The average Bonchev–Trinajstić information content (AvgIpc) is 3.07. The number of pyridine rings is 1. The van der Waals surface area contributed by atoms with Crippen LogP contribution in [0.2, 0.25) is 0 Å². The molecule has 6 heteroatoms. The molecule has 1 fully saturated rings. The summed E-state index contributed by atoms with van der Waals surface area (Å²) in [6, 6.07) is 13.8. The van der Waals surface area contributed by atoms with Gasteiger partial charge in [0.15, 0.2) is 0 Å². The number of ether oxygens (including phenoxy) is 1. The van der Waals surface area contributed by atoms with Crippen LogP contribution in [0.4, 0.5) is 0 Å². The number of hydrogen-bond donors (Lipinski definition) is 1. The molecule has 25 heavy (non-hydrogen) atoms. The second-order valence-corrected chi connectivity index (χ2v) is 6.07. The SMILES string of the molecule is COc1ccc(-c2nc(C3CNCCN3C=O)c3ccccn23)cc1. The van der Waals surface area contributed by atoms with Crippen LogP contribution >= 0.6 is 0 Å². The molecule has 0 aliphatic carbocycles. The van der Waals surface area contributed by atoms with Crippen molar-refractivity contribution in [3.05, 3.63) is 54.4 Å². The monoisotopic (exact) mass is 336 g/mol. The number of hydrogen-bond acceptors (Lipinski definition) is 4. The van der Waals surface area contributed by atoms with E-state index in [4.69, 9.17) is 9.72 Å². The fourth-order valence-electron chi connectivity index (χ4n) is 3.35. The minimum Gasteiger partial charge on any atom is -0.497 e. The van der Waals surface area contributed by atoms with Crippen LogP contribution in [-0.4, -0.2) is 47.4 Å². The first kappa shape index (κ1) is 15.7. The lowest BCUT2D eigenvalue weighted by molar-refractivity contribution is -0.121. The molecule has 1 aliphatic rings. The van der Waals surface area contributed by atoms with Crippen molar-refractivity contribution in [2.75, 3.05) is 26.7 Å². The van der Waals surface area contributed by atoms with Crippen LogP contribution in [0, 0.1) is 0 Å². The Morgan fingerprint density at radius 2 is 2.08 bits per heavy atom. The Morgan fingerprint density at radius 1 is 1.24 bits per heavy atom. The minimum absolute atomic E-state index is 0.0596. The smallest absolute Gasteiger partial charge is 0.210 e. The maximum absolute atomic E-state index is 11.5. The highest BCUT2D eigenvalue weighted by molar-refractivity contribution is 5.67. The second kappa shape index (κ2) is 6.57. The summed E-state index contributed by atoms with van der Waals surface area (Å²) in [5.74, 6) is 1.68. The van der Waals surface area contributed by atoms with Crippen LogP contribution in [0.5, 0.6) is 5.75 Å². The predicted molar refractivity (Wildman–Crippen MR) is 95.6 cm³/mol. The van der Waals surface area contributed by atoms with Gasteiger partial charge in [0.05, 0.1) is 24.4 Å². The van der Waals surface area contributed by atoms with E-state index in [2.05, 4.69) is 9.72 Å². The normalized spacial score (nSPS) is 17.6. The van der Waals surface area contributed by atoms with Gasteiger partial charge in [0.1, 0.15) is 11.6 Å². The lowest BCUT2D eigenvalue weighted by atomic mass is 10.1. The summed E-state index contributed by atoms with van der Waals surface area (Å²) >= 11 is 0. The molecule has 0 radical (unpaired) electrons. The zero-order valence-electron chi connectivity index (χ0n) is 14.1. The Bertz CT molecular complexity index is 888. The van der Waals surface area contributed by atoms with E-state index in [1.54, 1.807) is 7.11 Å². The summed E-state index contributed by atoms with van der Waals surface area (Å²) in [5, 5.41) is 3.36. The molecule has 0 saturated carbocycles. The Hall–Kier alpha value is -2.86. The van der Waals surface area contributed by atoms with Crippen molar-refractivity contribution < 1.29 is 9.53 Å². The Kier molecular flexibility index (Phi) is 4.11. The number of amides is 1. The van der Waals surface area contributed by atoms with Gasteiger partial charge < -0.3 is 15.0 Å². The van der Waals surface area contributed by atoms with E-state index < -0.39 is 0 Å². The predicted octanol–water partition coefficient (Wildman–Crippen LogP) is 2.11.